The molecule has 37 heavy (non-hydrogen) atoms. The van der Waals surface area contributed by atoms with E-state index in [0.717, 1.165) is 60.1 Å². The Bertz CT molecular complexity index is 1490. The molecular formula is C29H30ClFN4O2. The molecule has 5 rings (SSSR count). The largest absolute Gasteiger partial charge is 0.361 e. The van der Waals surface area contributed by atoms with Gasteiger partial charge in [-0.15, -0.1) is 0 Å². The van der Waals surface area contributed by atoms with Gasteiger partial charge in [-0.3, -0.25) is 14.9 Å². The van der Waals surface area contributed by atoms with E-state index in [9.17, 15) is 9.18 Å². The third-order valence-corrected chi connectivity index (χ3v) is 7.93. The predicted octanol–water partition coefficient (Wildman–Crippen LogP) is 6.16. The molecule has 192 valence electrons. The molecule has 0 bridgehead atoms. The maximum absolute atomic E-state index is 13.7. The Morgan fingerprint density at radius 3 is 2.84 bits per heavy atom. The van der Waals surface area contributed by atoms with E-state index < -0.39 is 5.91 Å². The summed E-state index contributed by atoms with van der Waals surface area (Å²) in [5.74, 6) is -0.800. The van der Waals surface area contributed by atoms with E-state index in [2.05, 4.69) is 33.9 Å². The zero-order valence-corrected chi connectivity index (χ0v) is 21.6. The van der Waals surface area contributed by atoms with Gasteiger partial charge in [0.05, 0.1) is 0 Å². The summed E-state index contributed by atoms with van der Waals surface area (Å²) in [5.41, 5.74) is 10.4. The molecule has 4 aromatic rings. The topological polar surface area (TPSA) is 84.2 Å². The van der Waals surface area contributed by atoms with Crippen LogP contribution >= 0.6 is 11.6 Å². The quantitative estimate of drug-likeness (QED) is 0.128. The minimum Gasteiger partial charge on any atom is -0.361 e. The van der Waals surface area contributed by atoms with Crippen molar-refractivity contribution in [2.75, 3.05) is 6.54 Å². The predicted molar refractivity (Wildman–Crippen MR) is 144 cm³/mol. The molecule has 2 aromatic carbocycles. The van der Waals surface area contributed by atoms with Gasteiger partial charge in [0.1, 0.15) is 11.0 Å². The van der Waals surface area contributed by atoms with E-state index in [1.54, 1.807) is 11.6 Å². The van der Waals surface area contributed by atoms with Crippen LogP contribution in [-0.2, 0) is 24.2 Å². The van der Waals surface area contributed by atoms with Crippen molar-refractivity contribution in [2.45, 2.75) is 45.7 Å². The highest BCUT2D eigenvalue weighted by Crippen LogP contribution is 2.38. The van der Waals surface area contributed by atoms with Crippen LogP contribution in [0.1, 0.15) is 51.5 Å². The Labute approximate surface area is 220 Å². The van der Waals surface area contributed by atoms with Gasteiger partial charge in [0.25, 0.3) is 5.91 Å². The molecule has 8 heteroatoms. The minimum absolute atomic E-state index is 0.234. The maximum atomic E-state index is 13.7. The molecule has 0 spiro atoms. The number of aryl methyl sites for hydroxylation is 1. The Hall–Kier alpha value is -3.39. The lowest BCUT2D eigenvalue weighted by molar-refractivity contribution is -0.124. The summed E-state index contributed by atoms with van der Waals surface area (Å²) in [6, 6.07) is 11.4. The molecule has 0 radical (unpaired) electrons. The van der Waals surface area contributed by atoms with Crippen LogP contribution in [0.2, 0.25) is 5.15 Å². The van der Waals surface area contributed by atoms with Crippen LogP contribution in [0, 0.1) is 19.7 Å². The number of nitrogens with zero attached hydrogens (tertiary/aromatic N) is 1. The molecule has 2 heterocycles. The first-order valence-electron chi connectivity index (χ1n) is 12.4. The zero-order chi connectivity index (χ0) is 26.1. The number of carbonyl (C=O) groups excluding carboxylic acids is 1. The molecule has 0 aliphatic heterocycles. The van der Waals surface area contributed by atoms with Crippen molar-refractivity contribution in [3.8, 4) is 0 Å². The van der Waals surface area contributed by atoms with E-state index in [4.69, 9.17) is 16.8 Å². The number of benzene rings is 2. The van der Waals surface area contributed by atoms with Crippen LogP contribution in [0.25, 0.3) is 17.0 Å². The SMILES string of the molecule is Cc1c(Cl)[nH]c(CN(CCc2c[nH]c3cc(F)ccc23)C2CCc3cc(C=CC(=O)NO)ccc32)c1C. The van der Waals surface area contributed by atoms with Gasteiger partial charge in [-0.05, 0) is 90.8 Å². The van der Waals surface area contributed by atoms with Gasteiger partial charge in [-0.25, -0.2) is 9.87 Å². The number of amides is 1. The van der Waals surface area contributed by atoms with E-state index in [-0.39, 0.29) is 11.9 Å². The lowest BCUT2D eigenvalue weighted by Gasteiger charge is -2.30. The molecule has 2 aromatic heterocycles. The number of hydrogen-bond donors (Lipinski definition) is 4. The second-order valence-corrected chi connectivity index (χ2v) is 10.1. The molecule has 0 saturated carbocycles. The highest BCUT2D eigenvalue weighted by molar-refractivity contribution is 6.30. The van der Waals surface area contributed by atoms with Crippen molar-refractivity contribution >= 4 is 34.5 Å². The standard InChI is InChI=1S/C29H30ClFN4O2/c1-17-18(2)29(30)33-26(17)16-35(12-11-21-15-32-25-14-22(31)6-8-23(21)25)27-9-5-20-13-19(3-7-24(20)27)4-10-28(36)34-37/h3-4,6-8,10,13-15,27,32-33,37H,5,9,11-12,16H2,1-2H3,(H,34,36). The van der Waals surface area contributed by atoms with Crippen molar-refractivity contribution in [3.63, 3.8) is 0 Å². The monoisotopic (exact) mass is 520 g/mol. The van der Waals surface area contributed by atoms with Crippen molar-refractivity contribution in [1.82, 2.24) is 20.3 Å². The number of rotatable bonds is 8. The second kappa shape index (κ2) is 10.5. The van der Waals surface area contributed by atoms with Gasteiger partial charge in [0.2, 0.25) is 0 Å². The summed E-state index contributed by atoms with van der Waals surface area (Å²) in [7, 11) is 0. The first kappa shape index (κ1) is 25.3. The molecule has 0 saturated heterocycles. The van der Waals surface area contributed by atoms with E-state index in [1.807, 2.05) is 25.3 Å². The normalized spacial score (nSPS) is 15.2. The van der Waals surface area contributed by atoms with Gasteiger partial charge in [-0.1, -0.05) is 29.8 Å². The molecule has 0 fully saturated rings. The van der Waals surface area contributed by atoms with Crippen molar-refractivity contribution in [2.24, 2.45) is 0 Å². The van der Waals surface area contributed by atoms with Crippen LogP contribution in [0.3, 0.4) is 0 Å². The highest BCUT2D eigenvalue weighted by atomic mass is 35.5. The number of H-pyrrole nitrogens is 2. The molecule has 1 aliphatic rings. The average molecular weight is 521 g/mol. The summed E-state index contributed by atoms with van der Waals surface area (Å²) in [5, 5.41) is 10.5. The minimum atomic E-state index is -0.556. The lowest BCUT2D eigenvalue weighted by atomic mass is 10.0. The molecular weight excluding hydrogens is 491 g/mol. The average Bonchev–Trinajstić information content (AvgIpc) is 3.57. The Morgan fingerprint density at radius 1 is 1.24 bits per heavy atom. The zero-order valence-electron chi connectivity index (χ0n) is 20.9. The molecule has 6 nitrogen and oxygen atoms in total. The summed E-state index contributed by atoms with van der Waals surface area (Å²) in [6.45, 7) is 5.69. The highest BCUT2D eigenvalue weighted by Gasteiger charge is 2.29. The number of hydrogen-bond acceptors (Lipinski definition) is 3. The van der Waals surface area contributed by atoms with Crippen LogP contribution < -0.4 is 5.48 Å². The summed E-state index contributed by atoms with van der Waals surface area (Å²) >= 11 is 6.42. The fourth-order valence-corrected chi connectivity index (χ4v) is 5.61. The van der Waals surface area contributed by atoms with Crippen LogP contribution in [0.5, 0.6) is 0 Å². The summed E-state index contributed by atoms with van der Waals surface area (Å²) in [4.78, 5) is 20.4. The number of carbonyl (C=O) groups is 1. The maximum Gasteiger partial charge on any atom is 0.267 e. The first-order valence-corrected chi connectivity index (χ1v) is 12.8. The first-order chi connectivity index (χ1) is 17.8. The van der Waals surface area contributed by atoms with E-state index in [0.29, 0.717) is 5.15 Å². The third kappa shape index (κ3) is 5.21. The van der Waals surface area contributed by atoms with Gasteiger partial charge in [0, 0.05) is 48.0 Å². The fourth-order valence-electron chi connectivity index (χ4n) is 5.35. The van der Waals surface area contributed by atoms with Gasteiger partial charge >= 0.3 is 0 Å². The smallest absolute Gasteiger partial charge is 0.267 e. The molecule has 1 atom stereocenters. The molecule has 4 N–H and O–H groups in total. The Kier molecular flexibility index (Phi) is 7.20. The molecule has 1 unspecified atom stereocenters. The Balaban J connectivity index is 1.42. The number of nitrogens with one attached hydrogen (secondary N) is 3. The van der Waals surface area contributed by atoms with Crippen LogP contribution in [-0.4, -0.2) is 32.5 Å². The second-order valence-electron chi connectivity index (χ2n) is 9.71. The molecule has 1 amide bonds. The van der Waals surface area contributed by atoms with Crippen molar-refractivity contribution < 1.29 is 14.4 Å². The number of aromatic nitrogens is 2. The number of aromatic amines is 2. The molecule has 1 aliphatic carbocycles. The number of hydroxylamine groups is 1. The van der Waals surface area contributed by atoms with Crippen molar-refractivity contribution in [3.05, 3.63) is 98.7 Å². The lowest BCUT2D eigenvalue weighted by Crippen LogP contribution is -2.30. The number of halogens is 2. The van der Waals surface area contributed by atoms with E-state index >= 15 is 0 Å². The van der Waals surface area contributed by atoms with Crippen LogP contribution in [0.4, 0.5) is 4.39 Å². The van der Waals surface area contributed by atoms with Gasteiger partial charge < -0.3 is 9.97 Å². The van der Waals surface area contributed by atoms with E-state index in [1.165, 1.54) is 40.5 Å². The van der Waals surface area contributed by atoms with Gasteiger partial charge in [0.15, 0.2) is 0 Å². The number of fused-ring (bicyclic) bond motifs is 2. The third-order valence-electron chi connectivity index (χ3n) is 7.56. The van der Waals surface area contributed by atoms with Gasteiger partial charge in [-0.2, -0.15) is 0 Å². The summed E-state index contributed by atoms with van der Waals surface area (Å²) < 4.78 is 13.7. The summed E-state index contributed by atoms with van der Waals surface area (Å²) in [6.07, 6.45) is 7.75. The Morgan fingerprint density at radius 2 is 2.08 bits per heavy atom. The fraction of sp³-hybridized carbons (Fsp3) is 0.276. The van der Waals surface area contributed by atoms with Crippen molar-refractivity contribution in [1.29, 1.82) is 0 Å². The van der Waals surface area contributed by atoms with Crippen LogP contribution in [0.15, 0.2) is 48.7 Å².